The topological polar surface area (TPSA) is 61.0 Å². The zero-order valence-electron chi connectivity index (χ0n) is 8.85. The molecule has 4 heteroatoms. The highest BCUT2D eigenvalue weighted by molar-refractivity contribution is 5.02. The van der Waals surface area contributed by atoms with Crippen LogP contribution in [0.25, 0.3) is 0 Å². The van der Waals surface area contributed by atoms with E-state index in [4.69, 9.17) is 10.5 Å². The first-order valence-corrected chi connectivity index (χ1v) is 5.51. The van der Waals surface area contributed by atoms with Crippen molar-refractivity contribution in [3.63, 3.8) is 0 Å². The van der Waals surface area contributed by atoms with Crippen LogP contribution in [0.5, 0.6) is 0 Å². The summed E-state index contributed by atoms with van der Waals surface area (Å²) in [5, 5.41) is 0. The standard InChI is InChI=1S/C11H17N3O/c12-8-9-4-5-13-11(14-9)7-10-3-1-2-6-15-10/h4-5,10H,1-3,6-8,12H2. The summed E-state index contributed by atoms with van der Waals surface area (Å²) in [5.74, 6) is 0.852. The van der Waals surface area contributed by atoms with Crippen molar-refractivity contribution in [3.05, 3.63) is 23.8 Å². The molecule has 0 bridgehead atoms. The van der Waals surface area contributed by atoms with Gasteiger partial charge in [0.2, 0.25) is 0 Å². The van der Waals surface area contributed by atoms with Crippen molar-refractivity contribution in [1.29, 1.82) is 0 Å². The van der Waals surface area contributed by atoms with E-state index in [-0.39, 0.29) is 0 Å². The zero-order chi connectivity index (χ0) is 10.5. The van der Waals surface area contributed by atoms with E-state index in [2.05, 4.69) is 9.97 Å². The Morgan fingerprint density at radius 3 is 3.13 bits per heavy atom. The van der Waals surface area contributed by atoms with Gasteiger partial charge in [-0.25, -0.2) is 9.97 Å². The maximum atomic E-state index is 5.64. The Labute approximate surface area is 89.9 Å². The first kappa shape index (κ1) is 10.5. The molecule has 1 fully saturated rings. The Morgan fingerprint density at radius 2 is 2.40 bits per heavy atom. The van der Waals surface area contributed by atoms with Crippen molar-refractivity contribution < 1.29 is 4.74 Å². The van der Waals surface area contributed by atoms with E-state index in [0.717, 1.165) is 31.0 Å². The Balaban J connectivity index is 1.96. The summed E-state index contributed by atoms with van der Waals surface area (Å²) in [5.41, 5.74) is 6.43. The number of nitrogens with two attached hydrogens (primary N) is 1. The quantitative estimate of drug-likeness (QED) is 0.804. The molecule has 0 aliphatic carbocycles. The number of aromatic nitrogens is 2. The first-order valence-electron chi connectivity index (χ1n) is 5.51. The van der Waals surface area contributed by atoms with E-state index < -0.39 is 0 Å². The third-order valence-corrected chi connectivity index (χ3v) is 2.66. The van der Waals surface area contributed by atoms with Gasteiger partial charge < -0.3 is 10.5 Å². The van der Waals surface area contributed by atoms with Crippen molar-refractivity contribution in [2.75, 3.05) is 6.61 Å². The summed E-state index contributed by atoms with van der Waals surface area (Å²) in [6.45, 7) is 1.35. The summed E-state index contributed by atoms with van der Waals surface area (Å²) >= 11 is 0. The van der Waals surface area contributed by atoms with Crippen molar-refractivity contribution in [2.45, 2.75) is 38.3 Å². The lowest BCUT2D eigenvalue weighted by Crippen LogP contribution is -2.22. The monoisotopic (exact) mass is 207 g/mol. The third kappa shape index (κ3) is 2.97. The van der Waals surface area contributed by atoms with Crippen LogP contribution in [0.4, 0.5) is 0 Å². The number of rotatable bonds is 3. The van der Waals surface area contributed by atoms with Gasteiger partial charge in [0.05, 0.1) is 11.8 Å². The molecule has 0 radical (unpaired) electrons. The minimum absolute atomic E-state index is 0.298. The molecule has 2 N–H and O–H groups in total. The molecule has 1 aliphatic rings. The maximum Gasteiger partial charge on any atom is 0.131 e. The molecule has 0 saturated carbocycles. The van der Waals surface area contributed by atoms with E-state index >= 15 is 0 Å². The second kappa shape index (κ2) is 5.19. The molecule has 1 atom stereocenters. The fraction of sp³-hybridized carbons (Fsp3) is 0.636. The fourth-order valence-corrected chi connectivity index (χ4v) is 1.83. The van der Waals surface area contributed by atoms with Crippen LogP contribution in [-0.2, 0) is 17.7 Å². The van der Waals surface area contributed by atoms with Crippen LogP contribution >= 0.6 is 0 Å². The molecule has 1 saturated heterocycles. The van der Waals surface area contributed by atoms with Crippen LogP contribution in [0, 0.1) is 0 Å². The van der Waals surface area contributed by atoms with Gasteiger partial charge in [0, 0.05) is 25.8 Å². The van der Waals surface area contributed by atoms with E-state index in [1.165, 1.54) is 12.8 Å². The van der Waals surface area contributed by atoms with E-state index in [1.54, 1.807) is 6.20 Å². The second-order valence-corrected chi connectivity index (χ2v) is 3.86. The maximum absolute atomic E-state index is 5.64. The van der Waals surface area contributed by atoms with Gasteiger partial charge in [0.25, 0.3) is 0 Å². The van der Waals surface area contributed by atoms with Crippen LogP contribution in [0.3, 0.4) is 0 Å². The summed E-state index contributed by atoms with van der Waals surface area (Å²) in [6, 6.07) is 1.85. The van der Waals surface area contributed by atoms with Crippen LogP contribution < -0.4 is 5.73 Å². The van der Waals surface area contributed by atoms with Gasteiger partial charge in [-0.3, -0.25) is 0 Å². The minimum Gasteiger partial charge on any atom is -0.378 e. The minimum atomic E-state index is 0.298. The van der Waals surface area contributed by atoms with Crippen LogP contribution in [-0.4, -0.2) is 22.7 Å². The molecule has 1 aliphatic heterocycles. The third-order valence-electron chi connectivity index (χ3n) is 2.66. The number of hydrogen-bond donors (Lipinski definition) is 1. The van der Waals surface area contributed by atoms with Crippen LogP contribution in [0.2, 0.25) is 0 Å². The van der Waals surface area contributed by atoms with E-state index in [0.29, 0.717) is 12.6 Å². The van der Waals surface area contributed by atoms with Gasteiger partial charge in [-0.05, 0) is 25.3 Å². The van der Waals surface area contributed by atoms with Crippen LogP contribution in [0.1, 0.15) is 30.8 Å². The van der Waals surface area contributed by atoms with Crippen molar-refractivity contribution >= 4 is 0 Å². The first-order chi connectivity index (χ1) is 7.38. The highest BCUT2D eigenvalue weighted by Crippen LogP contribution is 2.15. The Morgan fingerprint density at radius 1 is 1.47 bits per heavy atom. The van der Waals surface area contributed by atoms with E-state index in [1.807, 2.05) is 6.07 Å². The average molecular weight is 207 g/mol. The lowest BCUT2D eigenvalue weighted by molar-refractivity contribution is 0.0156. The van der Waals surface area contributed by atoms with Crippen molar-refractivity contribution in [1.82, 2.24) is 9.97 Å². The van der Waals surface area contributed by atoms with Crippen molar-refractivity contribution in [2.24, 2.45) is 5.73 Å². The Kier molecular flexibility index (Phi) is 3.64. The molecule has 1 aromatic rings. The van der Waals surface area contributed by atoms with Gasteiger partial charge in [0.15, 0.2) is 0 Å². The van der Waals surface area contributed by atoms with Crippen molar-refractivity contribution in [3.8, 4) is 0 Å². The number of hydrogen-bond acceptors (Lipinski definition) is 4. The predicted octanol–water partition coefficient (Wildman–Crippen LogP) is 1.05. The SMILES string of the molecule is NCc1ccnc(CC2CCCCO2)n1. The lowest BCUT2D eigenvalue weighted by Gasteiger charge is -2.21. The molecule has 2 heterocycles. The molecule has 0 spiro atoms. The number of ether oxygens (including phenoxy) is 1. The summed E-state index contributed by atoms with van der Waals surface area (Å²) in [4.78, 5) is 8.60. The van der Waals surface area contributed by atoms with Gasteiger partial charge in [-0.15, -0.1) is 0 Å². The summed E-state index contributed by atoms with van der Waals surface area (Å²) in [6.07, 6.45) is 6.44. The molecule has 82 valence electrons. The van der Waals surface area contributed by atoms with Gasteiger partial charge in [-0.2, -0.15) is 0 Å². The molecule has 0 amide bonds. The molecule has 2 rings (SSSR count). The molecular formula is C11H17N3O. The molecular weight excluding hydrogens is 190 g/mol. The number of nitrogens with zero attached hydrogens (tertiary/aromatic N) is 2. The molecule has 0 aromatic carbocycles. The van der Waals surface area contributed by atoms with Crippen LogP contribution in [0.15, 0.2) is 12.3 Å². The zero-order valence-corrected chi connectivity index (χ0v) is 8.85. The highest BCUT2D eigenvalue weighted by atomic mass is 16.5. The summed E-state index contributed by atoms with van der Waals surface area (Å²) < 4.78 is 5.64. The van der Waals surface area contributed by atoms with Gasteiger partial charge in [-0.1, -0.05) is 0 Å². The van der Waals surface area contributed by atoms with E-state index in [9.17, 15) is 0 Å². The Hall–Kier alpha value is -1.00. The Bertz CT molecular complexity index is 310. The molecule has 1 aromatic heterocycles. The molecule has 1 unspecified atom stereocenters. The highest BCUT2D eigenvalue weighted by Gasteiger charge is 2.15. The second-order valence-electron chi connectivity index (χ2n) is 3.86. The molecule has 4 nitrogen and oxygen atoms in total. The largest absolute Gasteiger partial charge is 0.378 e. The average Bonchev–Trinajstić information content (AvgIpc) is 2.31. The van der Waals surface area contributed by atoms with Gasteiger partial charge >= 0.3 is 0 Å². The van der Waals surface area contributed by atoms with Gasteiger partial charge in [0.1, 0.15) is 5.82 Å². The summed E-state index contributed by atoms with van der Waals surface area (Å²) in [7, 11) is 0. The molecule has 15 heavy (non-hydrogen) atoms. The smallest absolute Gasteiger partial charge is 0.131 e. The normalized spacial score (nSPS) is 21.5. The fourth-order valence-electron chi connectivity index (χ4n) is 1.83. The lowest BCUT2D eigenvalue weighted by atomic mass is 10.1. The predicted molar refractivity (Wildman–Crippen MR) is 57.2 cm³/mol.